The molecule has 0 spiro atoms. The molecule has 1 aromatic carbocycles. The van der Waals surface area contributed by atoms with Gasteiger partial charge < -0.3 is 10.1 Å². The highest BCUT2D eigenvalue weighted by Crippen LogP contribution is 2.28. The molecule has 120 valence electrons. The molecule has 0 aliphatic heterocycles. The van der Waals surface area contributed by atoms with Crippen LogP contribution in [-0.2, 0) is 11.3 Å². The summed E-state index contributed by atoms with van der Waals surface area (Å²) in [6, 6.07) is 7.40. The Hall–Kier alpha value is -2.83. The average molecular weight is 314 g/mol. The minimum Gasteiger partial charge on any atom is -0.496 e. The van der Waals surface area contributed by atoms with Crippen molar-refractivity contribution in [3.05, 3.63) is 40.4 Å². The van der Waals surface area contributed by atoms with Crippen molar-refractivity contribution in [2.45, 2.75) is 20.4 Å². The molecule has 7 nitrogen and oxygen atoms in total. The molecule has 0 atom stereocenters. The van der Waals surface area contributed by atoms with Crippen LogP contribution in [0, 0.1) is 6.92 Å². The number of carbonyl (C=O) groups excluding carboxylic acids is 1. The summed E-state index contributed by atoms with van der Waals surface area (Å²) in [6.07, 6.45) is 0. The van der Waals surface area contributed by atoms with Crippen molar-refractivity contribution in [1.29, 1.82) is 0 Å². The Morgan fingerprint density at radius 1 is 1.35 bits per heavy atom. The highest BCUT2D eigenvalue weighted by atomic mass is 16.5. The maximum absolute atomic E-state index is 12.6. The van der Waals surface area contributed by atoms with Crippen LogP contribution in [-0.4, -0.2) is 33.7 Å². The van der Waals surface area contributed by atoms with E-state index in [-0.39, 0.29) is 18.0 Å². The normalized spacial score (nSPS) is 11.1. The topological polar surface area (TPSA) is 77.6 Å². The Morgan fingerprint density at radius 2 is 2.13 bits per heavy atom. The zero-order chi connectivity index (χ0) is 16.6. The van der Waals surface area contributed by atoms with Gasteiger partial charge in [0.25, 0.3) is 5.56 Å². The quantitative estimate of drug-likeness (QED) is 0.782. The fraction of sp³-hybridized carbons (Fsp3) is 0.312. The molecule has 0 radical (unpaired) electrons. The van der Waals surface area contributed by atoms with Gasteiger partial charge in [0, 0.05) is 11.9 Å². The lowest BCUT2D eigenvalue weighted by Crippen LogP contribution is -2.34. The lowest BCUT2D eigenvalue weighted by Gasteiger charge is -2.08. The van der Waals surface area contributed by atoms with Crippen LogP contribution < -0.4 is 15.6 Å². The lowest BCUT2D eigenvalue weighted by molar-refractivity contribution is -0.121. The van der Waals surface area contributed by atoms with Crippen molar-refractivity contribution in [2.75, 3.05) is 13.7 Å². The van der Waals surface area contributed by atoms with Crippen LogP contribution in [0.4, 0.5) is 0 Å². The van der Waals surface area contributed by atoms with E-state index >= 15 is 0 Å². The third-order valence-electron chi connectivity index (χ3n) is 3.74. The number of hydrogen-bond acceptors (Lipinski definition) is 4. The summed E-state index contributed by atoms with van der Waals surface area (Å²) in [4.78, 5) is 24.4. The van der Waals surface area contributed by atoms with Gasteiger partial charge in [0.1, 0.15) is 23.6 Å². The van der Waals surface area contributed by atoms with Crippen molar-refractivity contribution < 1.29 is 9.53 Å². The molecule has 2 heterocycles. The molecule has 1 amide bonds. The van der Waals surface area contributed by atoms with E-state index in [4.69, 9.17) is 4.74 Å². The Bertz CT molecular complexity index is 955. The summed E-state index contributed by atoms with van der Waals surface area (Å²) in [5, 5.41) is 7.78. The predicted octanol–water partition coefficient (Wildman–Crippen LogP) is 1.10. The third-order valence-corrected chi connectivity index (χ3v) is 3.74. The van der Waals surface area contributed by atoms with Gasteiger partial charge >= 0.3 is 0 Å². The number of carbonyl (C=O) groups is 1. The maximum atomic E-state index is 12.6. The van der Waals surface area contributed by atoms with Crippen molar-refractivity contribution in [1.82, 2.24) is 19.5 Å². The van der Waals surface area contributed by atoms with E-state index in [2.05, 4.69) is 10.4 Å². The molecule has 0 fully saturated rings. The maximum Gasteiger partial charge on any atom is 0.291 e. The molecule has 3 rings (SSSR count). The number of aromatic nitrogens is 3. The number of hydrogen-bond donors (Lipinski definition) is 1. The Labute approximate surface area is 132 Å². The van der Waals surface area contributed by atoms with Crippen LogP contribution >= 0.6 is 0 Å². The minimum atomic E-state index is -0.305. The van der Waals surface area contributed by atoms with E-state index in [1.807, 2.05) is 25.1 Å². The first-order valence-corrected chi connectivity index (χ1v) is 7.39. The van der Waals surface area contributed by atoms with Gasteiger partial charge in [0.15, 0.2) is 0 Å². The molecular weight excluding hydrogens is 296 g/mol. The molecule has 7 heteroatoms. The van der Waals surface area contributed by atoms with Crippen LogP contribution in [0.2, 0.25) is 0 Å². The van der Waals surface area contributed by atoms with Gasteiger partial charge in [-0.1, -0.05) is 6.07 Å². The number of fused-ring (bicyclic) bond motifs is 3. The molecule has 2 aromatic heterocycles. The molecule has 3 aromatic rings. The second-order valence-corrected chi connectivity index (χ2v) is 5.22. The third kappa shape index (κ3) is 2.44. The Morgan fingerprint density at radius 3 is 2.83 bits per heavy atom. The van der Waals surface area contributed by atoms with E-state index in [1.165, 1.54) is 4.68 Å². The number of ether oxygens (including phenoxy) is 1. The summed E-state index contributed by atoms with van der Waals surface area (Å²) in [7, 11) is 1.59. The van der Waals surface area contributed by atoms with E-state index in [1.54, 1.807) is 24.5 Å². The van der Waals surface area contributed by atoms with E-state index in [0.29, 0.717) is 23.6 Å². The van der Waals surface area contributed by atoms with Crippen LogP contribution in [0.1, 0.15) is 12.7 Å². The van der Waals surface area contributed by atoms with Gasteiger partial charge in [-0.15, -0.1) is 0 Å². The van der Waals surface area contributed by atoms with E-state index in [9.17, 15) is 9.59 Å². The monoisotopic (exact) mass is 314 g/mol. The van der Waals surface area contributed by atoms with Gasteiger partial charge in [-0.05, 0) is 32.0 Å². The lowest BCUT2D eigenvalue weighted by atomic mass is 10.2. The summed E-state index contributed by atoms with van der Waals surface area (Å²) in [5.41, 5.74) is 1.02. The number of amides is 1. The fourth-order valence-corrected chi connectivity index (χ4v) is 2.78. The Kier molecular flexibility index (Phi) is 3.77. The molecule has 0 bridgehead atoms. The first-order chi connectivity index (χ1) is 11.1. The summed E-state index contributed by atoms with van der Waals surface area (Å²) >= 11 is 0. The minimum absolute atomic E-state index is 0.0946. The molecule has 0 aliphatic carbocycles. The van der Waals surface area contributed by atoms with Crippen molar-refractivity contribution in [2.24, 2.45) is 0 Å². The second kappa shape index (κ2) is 5.75. The first kappa shape index (κ1) is 15.1. The van der Waals surface area contributed by atoms with E-state index < -0.39 is 0 Å². The molecule has 0 saturated heterocycles. The second-order valence-electron chi connectivity index (χ2n) is 5.22. The van der Waals surface area contributed by atoms with Crippen LogP contribution in [0.15, 0.2) is 29.1 Å². The average Bonchev–Trinajstić information content (AvgIpc) is 2.92. The zero-order valence-corrected chi connectivity index (χ0v) is 13.3. The summed E-state index contributed by atoms with van der Waals surface area (Å²) in [6.45, 7) is 4.05. The number of nitrogens with one attached hydrogen (secondary N) is 1. The molecule has 0 saturated carbocycles. The number of benzene rings is 1. The smallest absolute Gasteiger partial charge is 0.291 e. The number of rotatable bonds is 4. The van der Waals surface area contributed by atoms with Gasteiger partial charge in [0.2, 0.25) is 5.91 Å². The van der Waals surface area contributed by atoms with Crippen LogP contribution in [0.3, 0.4) is 0 Å². The van der Waals surface area contributed by atoms with Gasteiger partial charge in [-0.3, -0.25) is 14.0 Å². The molecule has 23 heavy (non-hydrogen) atoms. The predicted molar refractivity (Wildman–Crippen MR) is 86.9 cm³/mol. The van der Waals surface area contributed by atoms with Crippen molar-refractivity contribution in [3.63, 3.8) is 0 Å². The van der Waals surface area contributed by atoms with Gasteiger partial charge in [-0.25, -0.2) is 4.68 Å². The number of likely N-dealkylation sites (N-methyl/N-ethyl adjacent to an activating group) is 1. The standard InChI is InChI=1S/C16H18N4O3/c1-4-17-15(21)9-19-16(22)13-8-11-12(20(13)10(2)18-19)6-5-7-14(11)23-3/h5-8H,4,9H2,1-3H3,(H,17,21). The van der Waals surface area contributed by atoms with Gasteiger partial charge in [0.05, 0.1) is 12.6 Å². The highest BCUT2D eigenvalue weighted by molar-refractivity contribution is 5.92. The van der Waals surface area contributed by atoms with Crippen LogP contribution in [0.25, 0.3) is 16.4 Å². The molecule has 1 N–H and O–H groups in total. The first-order valence-electron chi connectivity index (χ1n) is 7.39. The highest BCUT2D eigenvalue weighted by Gasteiger charge is 2.15. The largest absolute Gasteiger partial charge is 0.496 e. The number of aryl methyl sites for hydroxylation is 1. The zero-order valence-electron chi connectivity index (χ0n) is 13.3. The number of methoxy groups -OCH3 is 1. The van der Waals surface area contributed by atoms with Gasteiger partial charge in [-0.2, -0.15) is 5.10 Å². The molecule has 0 unspecified atom stereocenters. The number of nitrogens with zero attached hydrogens (tertiary/aromatic N) is 3. The van der Waals surface area contributed by atoms with Crippen LogP contribution in [0.5, 0.6) is 5.75 Å². The fourth-order valence-electron chi connectivity index (χ4n) is 2.78. The molecular formula is C16H18N4O3. The van der Waals surface area contributed by atoms with E-state index in [0.717, 1.165) is 10.9 Å². The van der Waals surface area contributed by atoms with Crippen molar-refractivity contribution >= 4 is 22.3 Å². The van der Waals surface area contributed by atoms with Crippen molar-refractivity contribution in [3.8, 4) is 5.75 Å². The summed E-state index contributed by atoms with van der Waals surface area (Å²) < 4.78 is 8.34. The SMILES string of the molecule is CCNC(=O)Cn1nc(C)n2c(cc3c(OC)cccc32)c1=O. The molecule has 0 aliphatic rings. The summed E-state index contributed by atoms with van der Waals surface area (Å²) in [5.74, 6) is 1.09. The Balaban J connectivity index is 2.25.